The standard InChI is InChI=1S/C16H26N2O2/c19-15(17-14-1-3-20-4-2-14)18-16-8-11-5-12(9-16)7-13(6-11)10-16/h11-14H,1-10H2,(H2,17,18,19). The summed E-state index contributed by atoms with van der Waals surface area (Å²) >= 11 is 0. The molecule has 1 heterocycles. The number of hydrogen-bond donors (Lipinski definition) is 2. The smallest absolute Gasteiger partial charge is 0.315 e. The van der Waals surface area contributed by atoms with Crippen molar-refractivity contribution >= 4 is 6.03 Å². The van der Waals surface area contributed by atoms with E-state index in [-0.39, 0.29) is 11.6 Å². The second-order valence-electron chi connectivity index (χ2n) is 7.68. The van der Waals surface area contributed by atoms with Gasteiger partial charge in [-0.25, -0.2) is 4.79 Å². The van der Waals surface area contributed by atoms with Crippen LogP contribution in [0.2, 0.25) is 0 Å². The Kier molecular flexibility index (Phi) is 3.17. The highest BCUT2D eigenvalue weighted by Crippen LogP contribution is 2.55. The number of rotatable bonds is 2. The highest BCUT2D eigenvalue weighted by atomic mass is 16.5. The largest absolute Gasteiger partial charge is 0.381 e. The monoisotopic (exact) mass is 278 g/mol. The van der Waals surface area contributed by atoms with Crippen LogP contribution < -0.4 is 10.6 Å². The fourth-order valence-electron chi connectivity index (χ4n) is 5.57. The number of urea groups is 1. The van der Waals surface area contributed by atoms with E-state index in [1.54, 1.807) is 0 Å². The minimum absolute atomic E-state index is 0.0684. The molecule has 2 N–H and O–H groups in total. The molecule has 0 unspecified atom stereocenters. The van der Waals surface area contributed by atoms with Crippen molar-refractivity contribution < 1.29 is 9.53 Å². The molecule has 4 heteroatoms. The van der Waals surface area contributed by atoms with Gasteiger partial charge in [0.1, 0.15) is 0 Å². The summed E-state index contributed by atoms with van der Waals surface area (Å²) in [5.41, 5.74) is 0.129. The van der Waals surface area contributed by atoms with Crippen molar-refractivity contribution in [2.75, 3.05) is 13.2 Å². The van der Waals surface area contributed by atoms with Gasteiger partial charge in [0.05, 0.1) is 0 Å². The molecule has 0 spiro atoms. The number of hydrogen-bond acceptors (Lipinski definition) is 2. The van der Waals surface area contributed by atoms with Crippen molar-refractivity contribution in [1.82, 2.24) is 10.6 Å². The van der Waals surface area contributed by atoms with Gasteiger partial charge in [0.25, 0.3) is 0 Å². The summed E-state index contributed by atoms with van der Waals surface area (Å²) in [7, 11) is 0. The van der Waals surface area contributed by atoms with Crippen LogP contribution in [0.5, 0.6) is 0 Å². The average molecular weight is 278 g/mol. The Balaban J connectivity index is 1.37. The predicted octanol–water partition coefficient (Wildman–Crippen LogP) is 2.43. The fraction of sp³-hybridized carbons (Fsp3) is 0.938. The normalized spacial score (nSPS) is 43.5. The van der Waals surface area contributed by atoms with Crippen LogP contribution in [0.4, 0.5) is 4.79 Å². The van der Waals surface area contributed by atoms with Crippen LogP contribution in [0.15, 0.2) is 0 Å². The SMILES string of the molecule is O=C(NC1CCOCC1)NC12CC3CC(CC(C3)C1)C2. The lowest BCUT2D eigenvalue weighted by Crippen LogP contribution is -2.62. The average Bonchev–Trinajstić information content (AvgIpc) is 2.37. The maximum Gasteiger partial charge on any atom is 0.315 e. The number of carbonyl (C=O) groups excluding carboxylic acids is 1. The molecule has 0 radical (unpaired) electrons. The molecular formula is C16H26N2O2. The summed E-state index contributed by atoms with van der Waals surface area (Å²) in [5.74, 6) is 2.64. The Hall–Kier alpha value is -0.770. The van der Waals surface area contributed by atoms with Crippen LogP contribution in [0.25, 0.3) is 0 Å². The molecule has 5 fully saturated rings. The van der Waals surface area contributed by atoms with Gasteiger partial charge < -0.3 is 15.4 Å². The lowest BCUT2D eigenvalue weighted by Gasteiger charge is -2.56. The van der Waals surface area contributed by atoms with E-state index in [1.807, 2.05) is 0 Å². The second kappa shape index (κ2) is 4.90. The van der Waals surface area contributed by atoms with E-state index in [2.05, 4.69) is 10.6 Å². The Morgan fingerprint density at radius 1 is 0.950 bits per heavy atom. The first-order valence-electron chi connectivity index (χ1n) is 8.37. The minimum Gasteiger partial charge on any atom is -0.381 e. The third-order valence-corrected chi connectivity index (χ3v) is 5.97. The Labute approximate surface area is 121 Å². The Morgan fingerprint density at radius 2 is 1.50 bits per heavy atom. The molecule has 4 saturated carbocycles. The lowest BCUT2D eigenvalue weighted by molar-refractivity contribution is -0.0139. The van der Waals surface area contributed by atoms with E-state index in [0.717, 1.165) is 43.8 Å². The molecule has 4 bridgehead atoms. The van der Waals surface area contributed by atoms with Crippen molar-refractivity contribution in [3.8, 4) is 0 Å². The number of ether oxygens (including phenoxy) is 1. The fourth-order valence-corrected chi connectivity index (χ4v) is 5.57. The highest BCUT2D eigenvalue weighted by molar-refractivity contribution is 5.75. The van der Waals surface area contributed by atoms with E-state index in [0.29, 0.717) is 6.04 Å². The third kappa shape index (κ3) is 2.43. The van der Waals surface area contributed by atoms with Crippen molar-refractivity contribution in [3.63, 3.8) is 0 Å². The van der Waals surface area contributed by atoms with Gasteiger partial charge in [0.15, 0.2) is 0 Å². The van der Waals surface area contributed by atoms with Crippen LogP contribution in [-0.2, 0) is 4.74 Å². The molecule has 0 aromatic rings. The van der Waals surface area contributed by atoms with Gasteiger partial charge in [-0.1, -0.05) is 0 Å². The predicted molar refractivity (Wildman–Crippen MR) is 76.4 cm³/mol. The molecule has 1 aliphatic heterocycles. The molecule has 5 rings (SSSR count). The maximum atomic E-state index is 12.3. The molecule has 0 aromatic carbocycles. The van der Waals surface area contributed by atoms with E-state index < -0.39 is 0 Å². The summed E-state index contributed by atoms with van der Waals surface area (Å²) in [4.78, 5) is 12.3. The first-order chi connectivity index (χ1) is 9.71. The number of carbonyl (C=O) groups is 1. The summed E-state index contributed by atoms with van der Waals surface area (Å²) in [6, 6.07) is 0.372. The van der Waals surface area contributed by atoms with Crippen LogP contribution in [0, 0.1) is 17.8 Å². The summed E-state index contributed by atoms with van der Waals surface area (Å²) in [5, 5.41) is 6.54. The van der Waals surface area contributed by atoms with Gasteiger partial charge in [0.2, 0.25) is 0 Å². The van der Waals surface area contributed by atoms with Crippen molar-refractivity contribution in [1.29, 1.82) is 0 Å². The van der Waals surface area contributed by atoms with Gasteiger partial charge in [-0.05, 0) is 69.1 Å². The molecule has 4 aliphatic carbocycles. The highest BCUT2D eigenvalue weighted by Gasteiger charge is 2.51. The quantitative estimate of drug-likeness (QED) is 0.815. The zero-order valence-corrected chi connectivity index (χ0v) is 12.2. The number of amides is 2. The minimum atomic E-state index is 0.0684. The van der Waals surface area contributed by atoms with Gasteiger partial charge in [-0.2, -0.15) is 0 Å². The summed E-state index contributed by atoms with van der Waals surface area (Å²) in [6.45, 7) is 1.56. The molecule has 112 valence electrons. The zero-order valence-electron chi connectivity index (χ0n) is 12.2. The first-order valence-corrected chi connectivity index (χ1v) is 8.37. The summed E-state index contributed by atoms with van der Waals surface area (Å²) < 4.78 is 5.34. The van der Waals surface area contributed by atoms with Crippen LogP contribution in [0.1, 0.15) is 51.4 Å². The first kappa shape index (κ1) is 12.9. The van der Waals surface area contributed by atoms with Crippen molar-refractivity contribution in [3.05, 3.63) is 0 Å². The van der Waals surface area contributed by atoms with E-state index in [9.17, 15) is 4.79 Å². The maximum absolute atomic E-state index is 12.3. The van der Waals surface area contributed by atoms with Gasteiger partial charge in [-0.15, -0.1) is 0 Å². The van der Waals surface area contributed by atoms with Gasteiger partial charge in [0, 0.05) is 24.8 Å². The zero-order chi connectivity index (χ0) is 13.6. The van der Waals surface area contributed by atoms with Crippen LogP contribution >= 0.6 is 0 Å². The number of nitrogens with one attached hydrogen (secondary N) is 2. The van der Waals surface area contributed by atoms with Crippen molar-refractivity contribution in [2.45, 2.75) is 62.9 Å². The molecule has 5 aliphatic rings. The molecule has 20 heavy (non-hydrogen) atoms. The van der Waals surface area contributed by atoms with Gasteiger partial charge in [-0.3, -0.25) is 0 Å². The van der Waals surface area contributed by atoms with Crippen molar-refractivity contribution in [2.24, 2.45) is 17.8 Å². The van der Waals surface area contributed by atoms with Crippen LogP contribution in [-0.4, -0.2) is 30.8 Å². The van der Waals surface area contributed by atoms with Crippen LogP contribution in [0.3, 0.4) is 0 Å². The second-order valence-corrected chi connectivity index (χ2v) is 7.68. The topological polar surface area (TPSA) is 50.4 Å². The molecule has 2 amide bonds. The lowest BCUT2D eigenvalue weighted by atomic mass is 9.53. The molecule has 0 aromatic heterocycles. The van der Waals surface area contributed by atoms with Gasteiger partial charge >= 0.3 is 6.03 Å². The molecule has 1 saturated heterocycles. The Bertz CT molecular complexity index is 355. The van der Waals surface area contributed by atoms with E-state index >= 15 is 0 Å². The van der Waals surface area contributed by atoms with E-state index in [1.165, 1.54) is 38.5 Å². The molecule has 0 atom stereocenters. The Morgan fingerprint density at radius 3 is 2.05 bits per heavy atom. The third-order valence-electron chi connectivity index (χ3n) is 5.97. The summed E-state index contributed by atoms with van der Waals surface area (Å²) in [6.07, 6.45) is 9.83. The molecular weight excluding hydrogens is 252 g/mol. The van der Waals surface area contributed by atoms with E-state index in [4.69, 9.17) is 4.74 Å². The molecule has 4 nitrogen and oxygen atoms in total.